The van der Waals surface area contributed by atoms with Gasteiger partial charge < -0.3 is 10.2 Å². The average Bonchev–Trinajstić information content (AvgIpc) is 2.94. The van der Waals surface area contributed by atoms with Crippen LogP contribution in [0.25, 0.3) is 0 Å². The summed E-state index contributed by atoms with van der Waals surface area (Å²) < 4.78 is 0. The molecule has 1 aromatic carbocycles. The first-order valence-corrected chi connectivity index (χ1v) is 8.46. The van der Waals surface area contributed by atoms with E-state index in [-0.39, 0.29) is 5.91 Å². The molecule has 1 saturated heterocycles. The van der Waals surface area contributed by atoms with Crippen LogP contribution in [-0.2, 0) is 17.6 Å². The second kappa shape index (κ2) is 6.61. The summed E-state index contributed by atoms with van der Waals surface area (Å²) in [5.74, 6) is 1.04. The molecule has 0 bridgehead atoms. The standard InChI is InChI=1S/C18H26N2O/c1-14-7-10-20(11-8-14)12-9-18(21)19-17-6-5-15-3-2-4-16(15)13-17/h5-6,13-14H,2-4,7-12H2,1H3,(H,19,21)/p+1. The third-order valence-corrected chi connectivity index (χ3v) is 5.07. The van der Waals surface area contributed by atoms with Gasteiger partial charge in [-0.3, -0.25) is 4.79 Å². The molecule has 3 heteroatoms. The van der Waals surface area contributed by atoms with E-state index in [1.165, 1.54) is 49.9 Å². The lowest BCUT2D eigenvalue weighted by atomic mass is 9.99. The smallest absolute Gasteiger partial charge is 0.230 e. The maximum Gasteiger partial charge on any atom is 0.230 e. The highest BCUT2D eigenvalue weighted by molar-refractivity contribution is 5.90. The van der Waals surface area contributed by atoms with Crippen molar-refractivity contribution in [3.63, 3.8) is 0 Å². The SMILES string of the molecule is CC1CC[NH+](CCC(=O)Nc2ccc3c(c2)CCC3)CC1. The summed E-state index contributed by atoms with van der Waals surface area (Å²) in [6.45, 7) is 5.77. The quantitative estimate of drug-likeness (QED) is 0.870. The lowest BCUT2D eigenvalue weighted by Crippen LogP contribution is -3.13. The van der Waals surface area contributed by atoms with Crippen LogP contribution in [0.15, 0.2) is 18.2 Å². The Kier molecular flexibility index (Phi) is 4.59. The number of quaternary nitrogens is 1. The predicted molar refractivity (Wildman–Crippen MR) is 85.7 cm³/mol. The van der Waals surface area contributed by atoms with Gasteiger partial charge in [0.15, 0.2) is 0 Å². The van der Waals surface area contributed by atoms with E-state index >= 15 is 0 Å². The summed E-state index contributed by atoms with van der Waals surface area (Å²) in [7, 11) is 0. The molecule has 2 aliphatic rings. The van der Waals surface area contributed by atoms with E-state index in [4.69, 9.17) is 0 Å². The molecule has 1 aliphatic heterocycles. The molecule has 3 rings (SSSR count). The maximum atomic E-state index is 12.1. The number of hydrogen-bond acceptors (Lipinski definition) is 1. The number of aryl methyl sites for hydroxylation is 2. The van der Waals surface area contributed by atoms with Gasteiger partial charge in [0, 0.05) is 5.69 Å². The molecule has 0 aromatic heterocycles. The summed E-state index contributed by atoms with van der Waals surface area (Å²) in [6.07, 6.45) is 6.86. The van der Waals surface area contributed by atoms with Crippen molar-refractivity contribution in [3.8, 4) is 0 Å². The van der Waals surface area contributed by atoms with E-state index in [2.05, 4.69) is 30.4 Å². The molecule has 1 heterocycles. The first kappa shape index (κ1) is 14.6. The fourth-order valence-corrected chi connectivity index (χ4v) is 3.58. The normalized spacial score (nSPS) is 24.6. The number of piperidine rings is 1. The zero-order chi connectivity index (χ0) is 14.7. The predicted octanol–water partition coefficient (Wildman–Crippen LogP) is 1.82. The van der Waals surface area contributed by atoms with Gasteiger partial charge in [-0.05, 0) is 61.3 Å². The number of carbonyl (C=O) groups is 1. The number of anilines is 1. The second-order valence-electron chi connectivity index (χ2n) is 6.82. The molecule has 114 valence electrons. The minimum atomic E-state index is 0.166. The van der Waals surface area contributed by atoms with Crippen molar-refractivity contribution in [2.45, 2.75) is 45.4 Å². The first-order valence-electron chi connectivity index (χ1n) is 8.46. The van der Waals surface area contributed by atoms with Crippen molar-refractivity contribution in [2.24, 2.45) is 5.92 Å². The van der Waals surface area contributed by atoms with Gasteiger partial charge in [0.1, 0.15) is 0 Å². The molecule has 1 amide bonds. The van der Waals surface area contributed by atoms with Gasteiger partial charge in [-0.2, -0.15) is 0 Å². The highest BCUT2D eigenvalue weighted by Gasteiger charge is 2.19. The van der Waals surface area contributed by atoms with E-state index in [0.29, 0.717) is 6.42 Å². The summed E-state index contributed by atoms with van der Waals surface area (Å²) in [4.78, 5) is 13.7. The minimum Gasteiger partial charge on any atom is -0.334 e. The molecule has 1 aliphatic carbocycles. The molecular formula is C18H27N2O+. The van der Waals surface area contributed by atoms with Crippen molar-refractivity contribution in [1.82, 2.24) is 0 Å². The fourth-order valence-electron chi connectivity index (χ4n) is 3.58. The molecule has 1 aromatic rings. The summed E-state index contributed by atoms with van der Waals surface area (Å²) in [5, 5.41) is 3.07. The molecule has 0 radical (unpaired) electrons. The average molecular weight is 287 g/mol. The Morgan fingerprint density at radius 3 is 2.81 bits per heavy atom. The Morgan fingerprint density at radius 1 is 1.24 bits per heavy atom. The summed E-state index contributed by atoms with van der Waals surface area (Å²) in [6, 6.07) is 6.39. The molecule has 3 nitrogen and oxygen atoms in total. The van der Waals surface area contributed by atoms with Gasteiger partial charge >= 0.3 is 0 Å². The second-order valence-corrected chi connectivity index (χ2v) is 6.82. The van der Waals surface area contributed by atoms with Crippen LogP contribution in [0, 0.1) is 5.92 Å². The molecular weight excluding hydrogens is 260 g/mol. The van der Waals surface area contributed by atoms with Gasteiger partial charge in [-0.25, -0.2) is 0 Å². The van der Waals surface area contributed by atoms with E-state index in [9.17, 15) is 4.79 Å². The number of carbonyl (C=O) groups excluding carboxylic acids is 1. The van der Waals surface area contributed by atoms with Crippen LogP contribution in [0.3, 0.4) is 0 Å². The van der Waals surface area contributed by atoms with Crippen LogP contribution in [-0.4, -0.2) is 25.5 Å². The van der Waals surface area contributed by atoms with Crippen molar-refractivity contribution in [1.29, 1.82) is 0 Å². The van der Waals surface area contributed by atoms with Crippen molar-refractivity contribution < 1.29 is 9.69 Å². The highest BCUT2D eigenvalue weighted by atomic mass is 16.1. The third-order valence-electron chi connectivity index (χ3n) is 5.07. The van der Waals surface area contributed by atoms with E-state index < -0.39 is 0 Å². The monoisotopic (exact) mass is 287 g/mol. The zero-order valence-electron chi connectivity index (χ0n) is 13.1. The van der Waals surface area contributed by atoms with Gasteiger partial charge in [-0.1, -0.05) is 13.0 Å². The van der Waals surface area contributed by atoms with Gasteiger partial charge in [0.05, 0.1) is 26.1 Å². The largest absolute Gasteiger partial charge is 0.334 e. The summed E-state index contributed by atoms with van der Waals surface area (Å²) in [5.41, 5.74) is 3.85. The Hall–Kier alpha value is -1.35. The van der Waals surface area contributed by atoms with E-state index in [1.54, 1.807) is 4.90 Å². The van der Waals surface area contributed by atoms with Crippen molar-refractivity contribution in [2.75, 3.05) is 25.0 Å². The minimum absolute atomic E-state index is 0.166. The van der Waals surface area contributed by atoms with E-state index in [0.717, 1.165) is 24.6 Å². The van der Waals surface area contributed by atoms with Crippen LogP contribution in [0.4, 0.5) is 5.69 Å². The number of nitrogens with one attached hydrogen (secondary N) is 2. The number of fused-ring (bicyclic) bond motifs is 1. The molecule has 21 heavy (non-hydrogen) atoms. The van der Waals surface area contributed by atoms with Crippen LogP contribution in [0.2, 0.25) is 0 Å². The Labute approximate surface area is 127 Å². The van der Waals surface area contributed by atoms with Gasteiger partial charge in [0.25, 0.3) is 0 Å². The Bertz CT molecular complexity index is 504. The number of benzene rings is 1. The number of hydrogen-bond donors (Lipinski definition) is 2. The molecule has 0 unspecified atom stereocenters. The molecule has 0 atom stereocenters. The maximum absolute atomic E-state index is 12.1. The lowest BCUT2D eigenvalue weighted by molar-refractivity contribution is -0.905. The number of likely N-dealkylation sites (tertiary alicyclic amines) is 1. The lowest BCUT2D eigenvalue weighted by Gasteiger charge is -2.27. The molecule has 1 fully saturated rings. The number of amides is 1. The van der Waals surface area contributed by atoms with E-state index in [1.807, 2.05) is 0 Å². The molecule has 0 spiro atoms. The Morgan fingerprint density at radius 2 is 2.00 bits per heavy atom. The first-order chi connectivity index (χ1) is 10.2. The number of rotatable bonds is 4. The van der Waals surface area contributed by atoms with Crippen molar-refractivity contribution >= 4 is 11.6 Å². The zero-order valence-corrected chi connectivity index (χ0v) is 13.1. The van der Waals surface area contributed by atoms with Gasteiger partial charge in [0.2, 0.25) is 5.91 Å². The van der Waals surface area contributed by atoms with Crippen LogP contribution in [0.1, 0.15) is 43.7 Å². The van der Waals surface area contributed by atoms with Gasteiger partial charge in [-0.15, -0.1) is 0 Å². The molecule has 0 saturated carbocycles. The topological polar surface area (TPSA) is 33.5 Å². The Balaban J connectivity index is 1.46. The molecule has 2 N–H and O–H groups in total. The van der Waals surface area contributed by atoms with Crippen LogP contribution >= 0.6 is 0 Å². The van der Waals surface area contributed by atoms with Crippen LogP contribution in [0.5, 0.6) is 0 Å². The third kappa shape index (κ3) is 3.85. The van der Waals surface area contributed by atoms with Crippen molar-refractivity contribution in [3.05, 3.63) is 29.3 Å². The summed E-state index contributed by atoms with van der Waals surface area (Å²) >= 11 is 0. The van der Waals surface area contributed by atoms with Crippen LogP contribution < -0.4 is 10.2 Å². The highest BCUT2D eigenvalue weighted by Crippen LogP contribution is 2.24. The fraction of sp³-hybridized carbons (Fsp3) is 0.611.